The lowest BCUT2D eigenvalue weighted by Crippen LogP contribution is -2.61. The van der Waals surface area contributed by atoms with E-state index in [2.05, 4.69) is 25.7 Å². The molecule has 2 atom stereocenters. The van der Waals surface area contributed by atoms with Crippen LogP contribution in [0.4, 0.5) is 0 Å². The van der Waals surface area contributed by atoms with Gasteiger partial charge < -0.3 is 15.9 Å². The number of hydrogen-bond donors (Lipinski definition) is 3. The summed E-state index contributed by atoms with van der Waals surface area (Å²) >= 11 is 0. The van der Waals surface area contributed by atoms with Gasteiger partial charge in [-0.25, -0.2) is 0 Å². The first kappa shape index (κ1) is 46.8. The number of hydrogen-bond acceptors (Lipinski definition) is 4. The first-order valence-electron chi connectivity index (χ1n) is 21.8. The molecule has 0 rings (SSSR count). The van der Waals surface area contributed by atoms with Crippen molar-refractivity contribution in [3.63, 3.8) is 0 Å². The van der Waals surface area contributed by atoms with Gasteiger partial charge in [0.1, 0.15) is 0 Å². The molecule has 0 aliphatic heterocycles. The molecule has 0 aromatic carbocycles. The molecule has 0 saturated heterocycles. The van der Waals surface area contributed by atoms with Gasteiger partial charge in [0.15, 0.2) is 0 Å². The number of rotatable bonds is 40. The minimum Gasteiger partial charge on any atom is -0.396 e. The molecule has 0 aliphatic rings. The molecule has 284 valence electrons. The lowest BCUT2D eigenvalue weighted by molar-refractivity contribution is 0.00812. The SMILES string of the molecule is CCCCCCCCCCCCCCCCCCN(CCCCCCCCCCCCCCCCCC)C(N)(CCO)C(C)CCO. The van der Waals surface area contributed by atoms with Crippen molar-refractivity contribution in [2.45, 2.75) is 245 Å². The number of nitrogens with zero attached hydrogens (tertiary/aromatic N) is 1. The van der Waals surface area contributed by atoms with Gasteiger partial charge >= 0.3 is 0 Å². The lowest BCUT2D eigenvalue weighted by Gasteiger charge is -2.45. The summed E-state index contributed by atoms with van der Waals surface area (Å²) in [6.45, 7) is 9.07. The smallest absolute Gasteiger partial charge is 0.0736 e. The van der Waals surface area contributed by atoms with E-state index in [0.29, 0.717) is 12.8 Å². The van der Waals surface area contributed by atoms with Crippen molar-refractivity contribution in [1.29, 1.82) is 0 Å². The molecule has 0 aromatic rings. The fourth-order valence-electron chi connectivity index (χ4n) is 7.57. The molecule has 4 nitrogen and oxygen atoms in total. The monoisotopic (exact) mass is 667 g/mol. The van der Waals surface area contributed by atoms with E-state index in [1.807, 2.05) is 0 Å². The molecule has 0 aliphatic carbocycles. The Morgan fingerprint density at radius 3 is 0.915 bits per heavy atom. The molecule has 0 amide bonds. The van der Waals surface area contributed by atoms with Crippen molar-refractivity contribution in [2.75, 3.05) is 26.3 Å². The van der Waals surface area contributed by atoms with Crippen LogP contribution in [0.3, 0.4) is 0 Å². The zero-order chi connectivity index (χ0) is 34.5. The Bertz CT molecular complexity index is 552. The second kappa shape index (κ2) is 37.1. The summed E-state index contributed by atoms with van der Waals surface area (Å²) in [6, 6.07) is 0. The van der Waals surface area contributed by atoms with E-state index in [9.17, 15) is 10.2 Å². The van der Waals surface area contributed by atoms with Crippen LogP contribution in [0.25, 0.3) is 0 Å². The molecule has 0 fully saturated rings. The number of aliphatic hydroxyl groups is 2. The maximum Gasteiger partial charge on any atom is 0.0736 e. The molecule has 47 heavy (non-hydrogen) atoms. The molecule has 0 aromatic heterocycles. The van der Waals surface area contributed by atoms with Gasteiger partial charge in [-0.15, -0.1) is 0 Å². The van der Waals surface area contributed by atoms with Crippen molar-refractivity contribution in [1.82, 2.24) is 4.90 Å². The first-order valence-corrected chi connectivity index (χ1v) is 21.8. The van der Waals surface area contributed by atoms with Crippen LogP contribution in [0, 0.1) is 5.92 Å². The highest BCUT2D eigenvalue weighted by molar-refractivity contribution is 4.89. The number of aliphatic hydroxyl groups excluding tert-OH is 2. The van der Waals surface area contributed by atoms with E-state index in [1.54, 1.807) is 0 Å². The van der Waals surface area contributed by atoms with Gasteiger partial charge in [0, 0.05) is 19.6 Å². The van der Waals surface area contributed by atoms with Crippen LogP contribution in [-0.4, -0.2) is 47.1 Å². The van der Waals surface area contributed by atoms with Crippen molar-refractivity contribution < 1.29 is 10.2 Å². The first-order chi connectivity index (χ1) is 23.1. The summed E-state index contributed by atoms with van der Waals surface area (Å²) in [5.74, 6) is 0.168. The molecule has 0 spiro atoms. The third-order valence-electron chi connectivity index (χ3n) is 11.1. The molecule has 4 N–H and O–H groups in total. The van der Waals surface area contributed by atoms with Gasteiger partial charge in [-0.1, -0.05) is 213 Å². The highest BCUT2D eigenvalue weighted by Crippen LogP contribution is 2.28. The van der Waals surface area contributed by atoms with Gasteiger partial charge in [-0.2, -0.15) is 0 Å². The van der Waals surface area contributed by atoms with Crippen molar-refractivity contribution in [3.05, 3.63) is 0 Å². The van der Waals surface area contributed by atoms with Crippen LogP contribution in [0.15, 0.2) is 0 Å². The van der Waals surface area contributed by atoms with E-state index in [1.165, 1.54) is 205 Å². The number of nitrogens with two attached hydrogens (primary N) is 1. The van der Waals surface area contributed by atoms with Gasteiger partial charge in [0.2, 0.25) is 0 Å². The molecular formula is C43H90N2O2. The van der Waals surface area contributed by atoms with Crippen LogP contribution < -0.4 is 5.73 Å². The molecular weight excluding hydrogens is 576 g/mol. The zero-order valence-corrected chi connectivity index (χ0v) is 32.9. The van der Waals surface area contributed by atoms with Crippen LogP contribution in [0.1, 0.15) is 239 Å². The molecule has 4 heteroatoms. The van der Waals surface area contributed by atoms with E-state index < -0.39 is 5.66 Å². The summed E-state index contributed by atoms with van der Waals surface area (Å²) < 4.78 is 0. The number of unbranched alkanes of at least 4 members (excludes halogenated alkanes) is 30. The maximum absolute atomic E-state index is 9.92. The molecule has 0 bridgehead atoms. The van der Waals surface area contributed by atoms with Crippen LogP contribution in [0.5, 0.6) is 0 Å². The summed E-state index contributed by atoms with van der Waals surface area (Å²) in [6.07, 6.45) is 45.7. The van der Waals surface area contributed by atoms with Crippen LogP contribution in [0.2, 0.25) is 0 Å². The van der Waals surface area contributed by atoms with Crippen molar-refractivity contribution >= 4 is 0 Å². The largest absolute Gasteiger partial charge is 0.396 e. The second-order valence-corrected chi connectivity index (χ2v) is 15.5. The lowest BCUT2D eigenvalue weighted by atomic mass is 9.87. The minimum absolute atomic E-state index is 0.112. The fourth-order valence-corrected chi connectivity index (χ4v) is 7.57. The third kappa shape index (κ3) is 29.3. The zero-order valence-electron chi connectivity index (χ0n) is 32.9. The summed E-state index contributed by atoms with van der Waals surface area (Å²) in [5.41, 5.74) is 6.54. The molecule has 0 radical (unpaired) electrons. The Balaban J connectivity index is 4.13. The van der Waals surface area contributed by atoms with Gasteiger partial charge in [-0.3, -0.25) is 4.90 Å². The van der Waals surface area contributed by atoms with Crippen molar-refractivity contribution in [3.8, 4) is 0 Å². The average Bonchev–Trinajstić information content (AvgIpc) is 3.07. The Morgan fingerprint density at radius 2 is 0.681 bits per heavy atom. The van der Waals surface area contributed by atoms with Gasteiger partial charge in [0.25, 0.3) is 0 Å². The van der Waals surface area contributed by atoms with E-state index >= 15 is 0 Å². The van der Waals surface area contributed by atoms with E-state index in [4.69, 9.17) is 5.73 Å². The Morgan fingerprint density at radius 1 is 0.426 bits per heavy atom. The highest BCUT2D eigenvalue weighted by Gasteiger charge is 2.36. The Labute approximate surface area is 297 Å². The van der Waals surface area contributed by atoms with E-state index in [0.717, 1.165) is 13.1 Å². The van der Waals surface area contributed by atoms with Gasteiger partial charge in [-0.05, 0) is 38.3 Å². The molecule has 0 heterocycles. The van der Waals surface area contributed by atoms with Crippen LogP contribution >= 0.6 is 0 Å². The Hall–Kier alpha value is -0.160. The summed E-state index contributed by atoms with van der Waals surface area (Å²) in [7, 11) is 0. The molecule has 2 unspecified atom stereocenters. The Kier molecular flexibility index (Phi) is 37.0. The third-order valence-corrected chi connectivity index (χ3v) is 11.1. The second-order valence-electron chi connectivity index (χ2n) is 15.5. The van der Waals surface area contributed by atoms with Gasteiger partial charge in [0.05, 0.1) is 5.66 Å². The quantitative estimate of drug-likeness (QED) is 0.0449. The summed E-state index contributed by atoms with van der Waals surface area (Å²) in [4.78, 5) is 2.50. The minimum atomic E-state index is -0.525. The van der Waals surface area contributed by atoms with E-state index in [-0.39, 0.29) is 19.1 Å². The predicted molar refractivity (Wildman–Crippen MR) is 210 cm³/mol. The molecule has 0 saturated carbocycles. The standard InChI is InChI=1S/C43H90N2O2/c1-4-6-8-10-12-14-16-18-20-22-24-26-28-30-32-34-38-45(43(44,37-41-47)42(3)36-40-46)39-35-33-31-29-27-25-23-21-19-17-15-13-11-9-7-5-2/h42,46-47H,4-41,44H2,1-3H3. The summed E-state index contributed by atoms with van der Waals surface area (Å²) in [5, 5.41) is 19.6. The normalized spacial score (nSPS) is 13.9. The average molecular weight is 667 g/mol. The predicted octanol–water partition coefficient (Wildman–Crippen LogP) is 12.9. The van der Waals surface area contributed by atoms with Crippen molar-refractivity contribution in [2.24, 2.45) is 11.7 Å². The fraction of sp³-hybridized carbons (Fsp3) is 1.00. The van der Waals surface area contributed by atoms with Crippen LogP contribution in [-0.2, 0) is 0 Å². The topological polar surface area (TPSA) is 69.7 Å². The maximum atomic E-state index is 9.92. The highest BCUT2D eigenvalue weighted by atomic mass is 16.3.